The third-order valence-electron chi connectivity index (χ3n) is 4.90. The second-order valence-corrected chi connectivity index (χ2v) is 7.66. The molecule has 0 heterocycles. The molecule has 0 spiro atoms. The van der Waals surface area contributed by atoms with Gasteiger partial charge in [0.15, 0.2) is 0 Å². The molecule has 0 aliphatic rings. The minimum atomic E-state index is -0.144. The Morgan fingerprint density at radius 3 is 1.81 bits per heavy atom. The van der Waals surface area contributed by atoms with Gasteiger partial charge in [-0.25, -0.2) is 0 Å². The summed E-state index contributed by atoms with van der Waals surface area (Å²) in [7, 11) is 3.37. The van der Waals surface area contributed by atoms with Gasteiger partial charge in [-0.1, -0.05) is 25.0 Å². The topological polar surface area (TPSA) is 75.3 Å². The van der Waals surface area contributed by atoms with E-state index < -0.39 is 0 Å². The van der Waals surface area contributed by atoms with Crippen molar-refractivity contribution >= 4 is 5.97 Å². The van der Waals surface area contributed by atoms with Crippen LogP contribution < -0.4 is 10.1 Å². The van der Waals surface area contributed by atoms with Crippen LogP contribution in [0.25, 0.3) is 0 Å². The number of rotatable bonds is 22. The zero-order valence-corrected chi connectivity index (χ0v) is 20.1. The van der Waals surface area contributed by atoms with E-state index in [0.717, 1.165) is 70.5 Å². The molecule has 0 aliphatic heterocycles. The molecule has 1 N–H and O–H groups in total. The molecule has 0 atom stereocenters. The first kappa shape index (κ1) is 28.4. The molecule has 0 fully saturated rings. The minimum Gasteiger partial charge on any atom is -0.494 e. The summed E-state index contributed by atoms with van der Waals surface area (Å²) >= 11 is 0. The van der Waals surface area contributed by atoms with Crippen molar-refractivity contribution in [3.63, 3.8) is 0 Å². The molecule has 0 aromatic heterocycles. The maximum atomic E-state index is 11.0. The predicted molar refractivity (Wildman–Crippen MR) is 126 cm³/mol. The smallest absolute Gasteiger partial charge is 0.305 e. The van der Waals surface area contributed by atoms with Crippen molar-refractivity contribution in [1.82, 2.24) is 5.32 Å². The zero-order valence-electron chi connectivity index (χ0n) is 20.1. The number of esters is 1. The fourth-order valence-electron chi connectivity index (χ4n) is 3.05. The Balaban J connectivity index is 1.74. The number of benzene rings is 1. The van der Waals surface area contributed by atoms with Gasteiger partial charge in [-0.2, -0.15) is 0 Å². The first-order valence-electron chi connectivity index (χ1n) is 11.9. The van der Waals surface area contributed by atoms with Crippen LogP contribution in [0.5, 0.6) is 5.75 Å². The lowest BCUT2D eigenvalue weighted by Gasteiger charge is -2.08. The van der Waals surface area contributed by atoms with Crippen LogP contribution in [0.1, 0.15) is 56.9 Å². The SMILES string of the molecule is CNCc1ccc(OCCCCCCOCCOCCOCCCCCC(=O)OC)cc1. The number of carbonyl (C=O) groups excluding carboxylic acids is 1. The molecule has 1 aromatic carbocycles. The van der Waals surface area contributed by atoms with E-state index in [-0.39, 0.29) is 5.97 Å². The van der Waals surface area contributed by atoms with Crippen LogP contribution in [0.2, 0.25) is 0 Å². The molecule has 1 aromatic rings. The van der Waals surface area contributed by atoms with Crippen LogP contribution in [0.3, 0.4) is 0 Å². The molecule has 0 saturated heterocycles. The molecule has 32 heavy (non-hydrogen) atoms. The van der Waals surface area contributed by atoms with Crippen LogP contribution in [-0.4, -0.2) is 66.4 Å². The van der Waals surface area contributed by atoms with E-state index in [1.54, 1.807) is 0 Å². The van der Waals surface area contributed by atoms with Crippen molar-refractivity contribution in [3.05, 3.63) is 29.8 Å². The first-order chi connectivity index (χ1) is 15.8. The van der Waals surface area contributed by atoms with Gasteiger partial charge in [0.05, 0.1) is 40.1 Å². The number of hydrogen-bond acceptors (Lipinski definition) is 7. The summed E-state index contributed by atoms with van der Waals surface area (Å²) in [6.07, 6.45) is 7.70. The molecular weight excluding hydrogens is 410 g/mol. The molecule has 0 unspecified atom stereocenters. The van der Waals surface area contributed by atoms with Crippen LogP contribution in [0.4, 0.5) is 0 Å². The molecule has 0 radical (unpaired) electrons. The summed E-state index contributed by atoms with van der Waals surface area (Å²) in [4.78, 5) is 11.0. The zero-order chi connectivity index (χ0) is 23.1. The van der Waals surface area contributed by atoms with E-state index in [1.807, 2.05) is 19.2 Å². The fraction of sp³-hybridized carbons (Fsp3) is 0.720. The summed E-state index contributed by atoms with van der Waals surface area (Å²) in [6.45, 7) is 5.53. The monoisotopic (exact) mass is 453 g/mol. The van der Waals surface area contributed by atoms with E-state index >= 15 is 0 Å². The molecule has 0 amide bonds. The van der Waals surface area contributed by atoms with E-state index in [4.69, 9.17) is 18.9 Å². The molecule has 0 bridgehead atoms. The lowest BCUT2D eigenvalue weighted by molar-refractivity contribution is -0.140. The number of nitrogens with one attached hydrogen (secondary N) is 1. The highest BCUT2D eigenvalue weighted by molar-refractivity contribution is 5.68. The van der Waals surface area contributed by atoms with Gasteiger partial charge in [-0.15, -0.1) is 0 Å². The van der Waals surface area contributed by atoms with Crippen LogP contribution in [0, 0.1) is 0 Å². The third-order valence-corrected chi connectivity index (χ3v) is 4.90. The molecule has 7 heteroatoms. The number of carbonyl (C=O) groups is 1. The maximum Gasteiger partial charge on any atom is 0.305 e. The minimum absolute atomic E-state index is 0.144. The van der Waals surface area contributed by atoms with Gasteiger partial charge >= 0.3 is 5.97 Å². The molecular formula is C25H43NO6. The van der Waals surface area contributed by atoms with Gasteiger partial charge in [0.1, 0.15) is 5.75 Å². The summed E-state index contributed by atoms with van der Waals surface area (Å²) in [5, 5.41) is 3.14. The molecule has 0 saturated carbocycles. The van der Waals surface area contributed by atoms with E-state index in [1.165, 1.54) is 12.7 Å². The van der Waals surface area contributed by atoms with Crippen molar-refractivity contribution in [2.45, 2.75) is 57.9 Å². The lowest BCUT2D eigenvalue weighted by Crippen LogP contribution is -2.10. The van der Waals surface area contributed by atoms with Gasteiger partial charge in [-0.3, -0.25) is 4.79 Å². The summed E-state index contributed by atoms with van der Waals surface area (Å²) in [6, 6.07) is 8.25. The number of unbranched alkanes of at least 4 members (excludes halogenated alkanes) is 5. The Hall–Kier alpha value is -1.67. The third kappa shape index (κ3) is 17.0. The Morgan fingerprint density at radius 2 is 1.25 bits per heavy atom. The average molecular weight is 454 g/mol. The molecule has 1 rings (SSSR count). The highest BCUT2D eigenvalue weighted by Gasteiger charge is 1.99. The Kier molecular flexibility index (Phi) is 18.8. The normalized spacial score (nSPS) is 10.9. The largest absolute Gasteiger partial charge is 0.494 e. The fourth-order valence-corrected chi connectivity index (χ4v) is 3.05. The van der Waals surface area contributed by atoms with Gasteiger partial charge < -0.3 is 29.0 Å². The second-order valence-electron chi connectivity index (χ2n) is 7.66. The maximum absolute atomic E-state index is 11.0. The van der Waals surface area contributed by atoms with Crippen LogP contribution >= 0.6 is 0 Å². The van der Waals surface area contributed by atoms with Gasteiger partial charge in [-0.05, 0) is 56.8 Å². The standard InChI is InChI=1S/C25H43NO6/c1-26-22-23-11-13-24(14-12-23)32-17-9-4-3-7-15-29-18-20-31-21-19-30-16-8-5-6-10-25(27)28-2/h11-14,26H,3-10,15-22H2,1-2H3. The molecule has 0 aliphatic carbocycles. The number of hydrogen-bond donors (Lipinski definition) is 1. The number of methoxy groups -OCH3 is 1. The van der Waals surface area contributed by atoms with E-state index in [2.05, 4.69) is 22.2 Å². The van der Waals surface area contributed by atoms with Gasteiger partial charge in [0.25, 0.3) is 0 Å². The summed E-state index contributed by atoms with van der Waals surface area (Å²) in [5.74, 6) is 0.795. The van der Waals surface area contributed by atoms with E-state index in [0.29, 0.717) is 39.5 Å². The van der Waals surface area contributed by atoms with Gasteiger partial charge in [0, 0.05) is 26.2 Å². The van der Waals surface area contributed by atoms with Crippen LogP contribution in [-0.2, 0) is 30.3 Å². The van der Waals surface area contributed by atoms with Crippen molar-refractivity contribution in [1.29, 1.82) is 0 Å². The van der Waals surface area contributed by atoms with Crippen molar-refractivity contribution in [3.8, 4) is 5.75 Å². The van der Waals surface area contributed by atoms with Crippen molar-refractivity contribution < 1.29 is 28.5 Å². The van der Waals surface area contributed by atoms with Crippen molar-refractivity contribution in [2.75, 3.05) is 60.4 Å². The first-order valence-corrected chi connectivity index (χ1v) is 11.9. The quantitative estimate of drug-likeness (QED) is 0.209. The van der Waals surface area contributed by atoms with E-state index in [9.17, 15) is 4.79 Å². The Morgan fingerprint density at radius 1 is 0.719 bits per heavy atom. The molecule has 184 valence electrons. The second kappa shape index (κ2) is 21.2. The predicted octanol–water partition coefficient (Wildman–Crippen LogP) is 4.13. The highest BCUT2D eigenvalue weighted by Crippen LogP contribution is 2.13. The summed E-state index contributed by atoms with van der Waals surface area (Å²) < 4.78 is 27.0. The highest BCUT2D eigenvalue weighted by atomic mass is 16.5. The average Bonchev–Trinajstić information content (AvgIpc) is 2.81. The summed E-state index contributed by atoms with van der Waals surface area (Å²) in [5.41, 5.74) is 1.26. The lowest BCUT2D eigenvalue weighted by atomic mass is 10.2. The van der Waals surface area contributed by atoms with Crippen molar-refractivity contribution in [2.24, 2.45) is 0 Å². The number of ether oxygens (including phenoxy) is 5. The Labute approximate surface area is 194 Å². The Bertz CT molecular complexity index is 552. The van der Waals surface area contributed by atoms with Crippen LogP contribution in [0.15, 0.2) is 24.3 Å². The molecule has 7 nitrogen and oxygen atoms in total. The van der Waals surface area contributed by atoms with Gasteiger partial charge in [0.2, 0.25) is 0 Å².